The monoisotopic (exact) mass is 247 g/mol. The third kappa shape index (κ3) is 1.78. The van der Waals surface area contributed by atoms with Crippen molar-refractivity contribution in [3.8, 4) is 0 Å². The fourth-order valence-electron chi connectivity index (χ4n) is 3.72. The zero-order chi connectivity index (χ0) is 12.7. The molecule has 2 unspecified atom stereocenters. The quantitative estimate of drug-likeness (QED) is 0.762. The number of rotatable bonds is 4. The lowest BCUT2D eigenvalue weighted by Gasteiger charge is -2.47. The van der Waals surface area contributed by atoms with Crippen molar-refractivity contribution in [2.45, 2.75) is 63.8 Å². The minimum Gasteiger partial charge on any atom is -0.286 e. The fraction of sp³-hybridized carbons (Fsp3) is 0.625. The van der Waals surface area contributed by atoms with Gasteiger partial charge in [0.2, 0.25) is 0 Å². The highest BCUT2D eigenvalue weighted by Gasteiger charge is 2.48. The highest BCUT2D eigenvalue weighted by atomic mass is 19.1. The Morgan fingerprint density at radius 1 is 1.33 bits per heavy atom. The lowest BCUT2D eigenvalue weighted by Crippen LogP contribution is -2.47. The molecule has 1 aromatic carbocycles. The van der Waals surface area contributed by atoms with Crippen molar-refractivity contribution in [1.82, 2.24) is 4.90 Å². The highest BCUT2D eigenvalue weighted by molar-refractivity contribution is 5.40. The van der Waals surface area contributed by atoms with E-state index in [0.717, 1.165) is 6.42 Å². The Labute approximate surface area is 109 Å². The lowest BCUT2D eigenvalue weighted by atomic mass is 9.89. The Morgan fingerprint density at radius 3 is 2.72 bits per heavy atom. The van der Waals surface area contributed by atoms with Crippen molar-refractivity contribution in [1.29, 1.82) is 0 Å². The predicted octanol–water partition coefficient (Wildman–Crippen LogP) is 4.40. The highest BCUT2D eigenvalue weighted by Crippen LogP contribution is 2.55. The second-order valence-electron chi connectivity index (χ2n) is 5.76. The van der Waals surface area contributed by atoms with Gasteiger partial charge in [-0.25, -0.2) is 4.39 Å². The molecule has 1 saturated heterocycles. The summed E-state index contributed by atoms with van der Waals surface area (Å²) in [7, 11) is 0. The third-order valence-corrected chi connectivity index (χ3v) is 4.66. The molecule has 0 amide bonds. The van der Waals surface area contributed by atoms with Crippen LogP contribution in [0.1, 0.15) is 62.7 Å². The molecule has 2 heterocycles. The largest absolute Gasteiger partial charge is 0.286 e. The van der Waals surface area contributed by atoms with E-state index in [1.165, 1.54) is 24.0 Å². The van der Waals surface area contributed by atoms with Crippen LogP contribution in [0, 0.1) is 0 Å². The maximum absolute atomic E-state index is 13.1. The van der Waals surface area contributed by atoms with Crippen LogP contribution < -0.4 is 0 Å². The molecule has 1 fully saturated rings. The Hall–Kier alpha value is -0.890. The molecule has 0 N–H and O–H groups in total. The molecule has 1 nitrogen and oxygen atoms in total. The summed E-state index contributed by atoms with van der Waals surface area (Å²) in [6, 6.07) is 10.6. The molecular weight excluding hydrogens is 225 g/mol. The Bertz CT molecular complexity index is 429. The molecule has 2 heteroatoms. The maximum Gasteiger partial charge on any atom is 0.0974 e. The van der Waals surface area contributed by atoms with Crippen LogP contribution >= 0.6 is 0 Å². The first kappa shape index (κ1) is 12.2. The maximum atomic E-state index is 13.1. The van der Waals surface area contributed by atoms with Crippen LogP contribution in [0.4, 0.5) is 4.39 Å². The Morgan fingerprint density at radius 2 is 2.06 bits per heavy atom. The minimum absolute atomic E-state index is 0.461. The van der Waals surface area contributed by atoms with Gasteiger partial charge in [-0.2, -0.15) is 0 Å². The van der Waals surface area contributed by atoms with Gasteiger partial charge in [-0.15, -0.1) is 0 Å². The van der Waals surface area contributed by atoms with E-state index in [4.69, 9.17) is 0 Å². The third-order valence-electron chi connectivity index (χ3n) is 4.66. The van der Waals surface area contributed by atoms with Gasteiger partial charge in [-0.1, -0.05) is 31.2 Å². The zero-order valence-electron chi connectivity index (χ0n) is 11.3. The number of halogens is 1. The van der Waals surface area contributed by atoms with E-state index in [1.54, 1.807) is 6.92 Å². The summed E-state index contributed by atoms with van der Waals surface area (Å²) < 4.78 is 13.1. The molecular formula is C16H22FN. The second-order valence-corrected chi connectivity index (χ2v) is 5.76. The number of benzene rings is 1. The zero-order valence-corrected chi connectivity index (χ0v) is 11.3. The van der Waals surface area contributed by atoms with E-state index >= 15 is 0 Å². The number of nitrogens with zero attached hydrogens (tertiary/aromatic N) is 1. The summed E-state index contributed by atoms with van der Waals surface area (Å²) in [6.45, 7) is 3.93. The van der Waals surface area contributed by atoms with Gasteiger partial charge in [0.05, 0.1) is 6.17 Å². The Kier molecular flexibility index (Phi) is 3.14. The van der Waals surface area contributed by atoms with E-state index in [0.29, 0.717) is 24.5 Å². The average molecular weight is 247 g/mol. The SMILES string of the molecule is CCC1C[C@H]2c3ccccc3C(CC[C@@H](C)F)N12. The van der Waals surface area contributed by atoms with Crippen molar-refractivity contribution in [3.05, 3.63) is 35.4 Å². The molecule has 0 aliphatic carbocycles. The first-order valence-corrected chi connectivity index (χ1v) is 7.22. The van der Waals surface area contributed by atoms with Gasteiger partial charge in [0, 0.05) is 18.1 Å². The molecule has 2 aliphatic heterocycles. The fourth-order valence-corrected chi connectivity index (χ4v) is 3.72. The van der Waals surface area contributed by atoms with Crippen LogP contribution in [-0.2, 0) is 0 Å². The first-order chi connectivity index (χ1) is 8.72. The van der Waals surface area contributed by atoms with Crippen LogP contribution in [0.15, 0.2) is 24.3 Å². The molecule has 3 rings (SSSR count). The van der Waals surface area contributed by atoms with Crippen LogP contribution in [-0.4, -0.2) is 17.1 Å². The van der Waals surface area contributed by atoms with Crippen LogP contribution in [0.25, 0.3) is 0 Å². The van der Waals surface area contributed by atoms with Crippen LogP contribution in [0.3, 0.4) is 0 Å². The van der Waals surface area contributed by atoms with E-state index in [2.05, 4.69) is 36.1 Å². The van der Waals surface area contributed by atoms with Gasteiger partial charge in [-0.3, -0.25) is 4.90 Å². The minimum atomic E-state index is -0.683. The molecule has 0 spiro atoms. The van der Waals surface area contributed by atoms with E-state index < -0.39 is 6.17 Å². The normalized spacial score (nSPS) is 31.6. The standard InChI is InChI=1S/C16H22FN/c1-3-12-10-16-14-7-5-4-6-13(14)15(18(12)16)9-8-11(2)17/h4-7,11-12,15-16H,3,8-10H2,1-2H3/t11-,12?,15?,16+/m1/s1. The molecule has 0 bridgehead atoms. The topological polar surface area (TPSA) is 3.24 Å². The molecule has 0 aromatic heterocycles. The van der Waals surface area contributed by atoms with Gasteiger partial charge in [0.25, 0.3) is 0 Å². The summed E-state index contributed by atoms with van der Waals surface area (Å²) in [5.74, 6) is 0. The molecule has 2 aliphatic rings. The van der Waals surface area contributed by atoms with Gasteiger partial charge >= 0.3 is 0 Å². The van der Waals surface area contributed by atoms with Crippen LogP contribution in [0.2, 0.25) is 0 Å². The molecule has 0 saturated carbocycles. The van der Waals surface area contributed by atoms with Gasteiger partial charge in [0.15, 0.2) is 0 Å². The van der Waals surface area contributed by atoms with Gasteiger partial charge < -0.3 is 0 Å². The second kappa shape index (κ2) is 4.65. The van der Waals surface area contributed by atoms with Gasteiger partial charge in [-0.05, 0) is 43.7 Å². The van der Waals surface area contributed by atoms with E-state index in [-0.39, 0.29) is 0 Å². The average Bonchev–Trinajstić information content (AvgIpc) is 2.57. The Balaban J connectivity index is 1.85. The number of hydrogen-bond donors (Lipinski definition) is 0. The molecule has 98 valence electrons. The van der Waals surface area contributed by atoms with Crippen molar-refractivity contribution in [2.24, 2.45) is 0 Å². The predicted molar refractivity (Wildman–Crippen MR) is 72.3 cm³/mol. The summed E-state index contributed by atoms with van der Waals surface area (Å²) in [4.78, 5) is 2.63. The number of fused-ring (bicyclic) bond motifs is 3. The summed E-state index contributed by atoms with van der Waals surface area (Å²) in [6.07, 6.45) is 3.46. The van der Waals surface area contributed by atoms with Crippen molar-refractivity contribution < 1.29 is 4.39 Å². The van der Waals surface area contributed by atoms with Crippen molar-refractivity contribution in [2.75, 3.05) is 0 Å². The molecule has 18 heavy (non-hydrogen) atoms. The summed E-state index contributed by atoms with van der Waals surface area (Å²) in [5.41, 5.74) is 2.96. The van der Waals surface area contributed by atoms with Crippen molar-refractivity contribution >= 4 is 0 Å². The van der Waals surface area contributed by atoms with Crippen molar-refractivity contribution in [3.63, 3.8) is 0 Å². The van der Waals surface area contributed by atoms with E-state index in [1.807, 2.05) is 0 Å². The lowest BCUT2D eigenvalue weighted by molar-refractivity contribution is -0.0151. The first-order valence-electron chi connectivity index (χ1n) is 7.22. The van der Waals surface area contributed by atoms with Gasteiger partial charge in [0.1, 0.15) is 0 Å². The number of alkyl halides is 1. The number of hydrogen-bond acceptors (Lipinski definition) is 1. The molecule has 4 atom stereocenters. The molecule has 1 aromatic rings. The van der Waals surface area contributed by atoms with Crippen LogP contribution in [0.5, 0.6) is 0 Å². The smallest absolute Gasteiger partial charge is 0.0974 e. The molecule has 0 radical (unpaired) electrons. The summed E-state index contributed by atoms with van der Waals surface area (Å²) in [5, 5.41) is 0. The summed E-state index contributed by atoms with van der Waals surface area (Å²) >= 11 is 0. The van der Waals surface area contributed by atoms with E-state index in [9.17, 15) is 4.39 Å².